The zero-order chi connectivity index (χ0) is 15.1. The van der Waals surface area contributed by atoms with Crippen LogP contribution in [-0.2, 0) is 6.54 Å². The first-order valence-electron chi connectivity index (χ1n) is 7.96. The quantitative estimate of drug-likeness (QED) is 0.768. The maximum Gasteiger partial charge on any atom is 0.315 e. The smallest absolute Gasteiger partial charge is 0.315 e. The Labute approximate surface area is 132 Å². The van der Waals surface area contributed by atoms with Gasteiger partial charge in [-0.25, -0.2) is 0 Å². The fourth-order valence-electron chi connectivity index (χ4n) is 2.75. The highest BCUT2D eigenvalue weighted by atomic mass is 32.2. The van der Waals surface area contributed by atoms with Gasteiger partial charge < -0.3 is 15.1 Å². The van der Waals surface area contributed by atoms with E-state index >= 15 is 0 Å². The number of aromatic nitrogens is 2. The van der Waals surface area contributed by atoms with Crippen LogP contribution < -0.4 is 10.6 Å². The molecule has 0 spiro atoms. The molecule has 1 heterocycles. The first kappa shape index (κ1) is 16.6. The van der Waals surface area contributed by atoms with Gasteiger partial charge in [0.1, 0.15) is 0 Å². The molecule has 2 N–H and O–H groups in total. The monoisotopic (exact) mass is 312 g/mol. The van der Waals surface area contributed by atoms with E-state index in [0.717, 1.165) is 13.1 Å². The van der Waals surface area contributed by atoms with Gasteiger partial charge in [-0.1, -0.05) is 38.2 Å². The van der Waals surface area contributed by atoms with Gasteiger partial charge in [-0.3, -0.25) is 0 Å². The van der Waals surface area contributed by atoms with E-state index in [-0.39, 0.29) is 0 Å². The molecule has 0 unspecified atom stereocenters. The maximum absolute atomic E-state index is 5.64. The predicted molar refractivity (Wildman–Crippen MR) is 88.7 cm³/mol. The molecule has 0 aliphatic heterocycles. The highest BCUT2D eigenvalue weighted by Crippen LogP contribution is 2.38. The molecule has 0 atom stereocenters. The molecular weight excluding hydrogens is 284 g/mol. The number of nitrogens with zero attached hydrogens (tertiary/aromatic N) is 2. The molecule has 1 aromatic rings. The van der Waals surface area contributed by atoms with Gasteiger partial charge in [-0.15, -0.1) is 5.10 Å². The van der Waals surface area contributed by atoms with Gasteiger partial charge in [-0.05, 0) is 31.6 Å². The van der Waals surface area contributed by atoms with Crippen LogP contribution in [0.5, 0.6) is 0 Å². The summed E-state index contributed by atoms with van der Waals surface area (Å²) in [6.45, 7) is 6.87. The number of hydrogen-bond donors (Lipinski definition) is 2. The number of nitrogens with one attached hydrogen (secondary N) is 2. The van der Waals surface area contributed by atoms with Crippen LogP contribution in [0.2, 0.25) is 0 Å². The lowest BCUT2D eigenvalue weighted by Crippen LogP contribution is -2.35. The lowest BCUT2D eigenvalue weighted by atomic mass is 9.88. The Balaban J connectivity index is 1.79. The van der Waals surface area contributed by atoms with Gasteiger partial charge in [0.2, 0.25) is 5.89 Å². The van der Waals surface area contributed by atoms with Crippen molar-refractivity contribution in [3.63, 3.8) is 0 Å². The molecule has 0 saturated heterocycles. The zero-order valence-electron chi connectivity index (χ0n) is 13.4. The molecule has 0 radical (unpaired) electrons. The Hall–Kier alpha value is -0.750. The number of hydrogen-bond acceptors (Lipinski definition) is 6. The Morgan fingerprint density at radius 1 is 1.24 bits per heavy atom. The van der Waals surface area contributed by atoms with Gasteiger partial charge in [0, 0.05) is 11.3 Å². The van der Waals surface area contributed by atoms with Gasteiger partial charge in [0.05, 0.1) is 6.54 Å². The summed E-state index contributed by atoms with van der Waals surface area (Å²) in [5.41, 5.74) is 0. The topological polar surface area (TPSA) is 63.0 Å². The molecule has 1 fully saturated rings. The Kier molecular flexibility index (Phi) is 6.36. The molecule has 2 rings (SSSR count). The molecule has 1 aliphatic rings. The maximum atomic E-state index is 5.64. The average molecular weight is 312 g/mol. The molecule has 21 heavy (non-hydrogen) atoms. The van der Waals surface area contributed by atoms with Crippen molar-refractivity contribution in [3.05, 3.63) is 5.89 Å². The van der Waals surface area contributed by atoms with Crippen molar-refractivity contribution in [3.8, 4) is 0 Å². The molecule has 1 saturated carbocycles. The molecule has 1 aromatic heterocycles. The van der Waals surface area contributed by atoms with E-state index in [4.69, 9.17) is 4.42 Å². The van der Waals surface area contributed by atoms with Crippen molar-refractivity contribution in [1.82, 2.24) is 15.5 Å². The van der Waals surface area contributed by atoms with Crippen LogP contribution in [0.25, 0.3) is 0 Å². The molecule has 0 amide bonds. The SMILES string of the molecule is CSC1(CNc2nnc(CNCC(C)C)o2)CCCCC1. The summed E-state index contributed by atoms with van der Waals surface area (Å²) < 4.78 is 5.98. The summed E-state index contributed by atoms with van der Waals surface area (Å²) in [5, 5.41) is 14.8. The van der Waals surface area contributed by atoms with E-state index in [9.17, 15) is 0 Å². The van der Waals surface area contributed by atoms with E-state index in [2.05, 4.69) is 40.9 Å². The van der Waals surface area contributed by atoms with E-state index < -0.39 is 0 Å². The normalized spacial score (nSPS) is 18.1. The Morgan fingerprint density at radius 3 is 2.67 bits per heavy atom. The van der Waals surface area contributed by atoms with Crippen molar-refractivity contribution in [2.24, 2.45) is 5.92 Å². The predicted octanol–water partition coefficient (Wildman–Crippen LogP) is 3.29. The summed E-state index contributed by atoms with van der Waals surface area (Å²) in [6, 6.07) is 0.551. The standard InChI is InChI=1S/C15H28N4OS/c1-12(2)9-16-10-13-18-19-14(20-13)17-11-15(21-3)7-5-4-6-8-15/h12,16H,4-11H2,1-3H3,(H,17,19). The van der Waals surface area contributed by atoms with E-state index in [1.165, 1.54) is 32.1 Å². The fraction of sp³-hybridized carbons (Fsp3) is 0.867. The summed E-state index contributed by atoms with van der Waals surface area (Å²) in [5.74, 6) is 1.28. The van der Waals surface area contributed by atoms with Crippen molar-refractivity contribution in [1.29, 1.82) is 0 Å². The van der Waals surface area contributed by atoms with Gasteiger partial charge in [0.25, 0.3) is 0 Å². The molecule has 0 bridgehead atoms. The Bertz CT molecular complexity index is 416. The number of rotatable bonds is 8. The molecule has 120 valence electrons. The van der Waals surface area contributed by atoms with Crippen molar-refractivity contribution < 1.29 is 4.42 Å². The fourth-order valence-corrected chi connectivity index (χ4v) is 3.66. The molecular formula is C15H28N4OS. The molecule has 5 nitrogen and oxygen atoms in total. The van der Waals surface area contributed by atoms with E-state index in [0.29, 0.717) is 29.1 Å². The van der Waals surface area contributed by atoms with Crippen LogP contribution in [-0.4, -0.2) is 34.3 Å². The largest absolute Gasteiger partial charge is 0.407 e. The summed E-state index contributed by atoms with van der Waals surface area (Å²) in [4.78, 5) is 0. The van der Waals surface area contributed by atoms with Gasteiger partial charge in [0.15, 0.2) is 0 Å². The van der Waals surface area contributed by atoms with Gasteiger partial charge >= 0.3 is 6.01 Å². The van der Waals surface area contributed by atoms with Gasteiger partial charge in [-0.2, -0.15) is 11.8 Å². The molecule has 6 heteroatoms. The summed E-state index contributed by atoms with van der Waals surface area (Å²) >= 11 is 1.97. The van der Waals surface area contributed by atoms with Crippen LogP contribution in [0.4, 0.5) is 6.01 Å². The highest BCUT2D eigenvalue weighted by Gasteiger charge is 2.31. The van der Waals surface area contributed by atoms with Crippen molar-refractivity contribution >= 4 is 17.8 Å². The van der Waals surface area contributed by atoms with Crippen molar-refractivity contribution in [2.45, 2.75) is 57.2 Å². The lowest BCUT2D eigenvalue weighted by Gasteiger charge is -2.35. The average Bonchev–Trinajstić information content (AvgIpc) is 2.94. The van der Waals surface area contributed by atoms with Crippen LogP contribution in [0, 0.1) is 5.92 Å². The first-order chi connectivity index (χ1) is 10.1. The highest BCUT2D eigenvalue weighted by molar-refractivity contribution is 8.00. The van der Waals surface area contributed by atoms with Crippen LogP contribution in [0.15, 0.2) is 4.42 Å². The summed E-state index contributed by atoms with van der Waals surface area (Å²) in [7, 11) is 0. The number of anilines is 1. The first-order valence-corrected chi connectivity index (χ1v) is 9.18. The summed E-state index contributed by atoms with van der Waals surface area (Å²) in [6.07, 6.45) is 8.79. The second kappa shape index (κ2) is 8.03. The minimum atomic E-state index is 0.336. The molecule has 0 aromatic carbocycles. The number of thioether (sulfide) groups is 1. The van der Waals surface area contributed by atoms with E-state index in [1.807, 2.05) is 11.8 Å². The minimum Gasteiger partial charge on any atom is -0.407 e. The van der Waals surface area contributed by atoms with Crippen LogP contribution >= 0.6 is 11.8 Å². The minimum absolute atomic E-state index is 0.336. The molecule has 1 aliphatic carbocycles. The van der Waals surface area contributed by atoms with Crippen molar-refractivity contribution in [2.75, 3.05) is 24.7 Å². The van der Waals surface area contributed by atoms with Crippen LogP contribution in [0.3, 0.4) is 0 Å². The third kappa shape index (κ3) is 5.18. The lowest BCUT2D eigenvalue weighted by molar-refractivity contribution is 0.405. The Morgan fingerprint density at radius 2 is 2.00 bits per heavy atom. The second-order valence-electron chi connectivity index (χ2n) is 6.33. The third-order valence-electron chi connectivity index (χ3n) is 4.06. The van der Waals surface area contributed by atoms with E-state index in [1.54, 1.807) is 0 Å². The zero-order valence-corrected chi connectivity index (χ0v) is 14.3. The third-order valence-corrected chi connectivity index (χ3v) is 5.47. The van der Waals surface area contributed by atoms with Crippen LogP contribution in [0.1, 0.15) is 51.8 Å². The second-order valence-corrected chi connectivity index (χ2v) is 7.60.